The van der Waals surface area contributed by atoms with Crippen LogP contribution in [-0.4, -0.2) is 13.1 Å². The van der Waals surface area contributed by atoms with Gasteiger partial charge in [-0.15, -0.1) is 0 Å². The average Bonchev–Trinajstić information content (AvgIpc) is 2.98. The lowest BCUT2D eigenvalue weighted by Gasteiger charge is -2.27. The van der Waals surface area contributed by atoms with Crippen molar-refractivity contribution >= 4 is 5.69 Å². The molecule has 2 heterocycles. The molecule has 2 N–H and O–H groups in total. The molecular weight excluding hydrogens is 224 g/mol. The summed E-state index contributed by atoms with van der Waals surface area (Å²) in [5.74, 6) is 1.91. The van der Waals surface area contributed by atoms with E-state index in [0.29, 0.717) is 6.54 Å². The maximum atomic E-state index is 5.95. The van der Waals surface area contributed by atoms with Crippen LogP contribution < -0.4 is 10.6 Å². The van der Waals surface area contributed by atoms with Gasteiger partial charge in [0.25, 0.3) is 0 Å². The number of aryl methyl sites for hydroxylation is 1. The van der Waals surface area contributed by atoms with Crippen LogP contribution in [0.1, 0.15) is 23.1 Å². The topological polar surface area (TPSA) is 42.4 Å². The molecule has 0 bridgehead atoms. The molecule has 0 aliphatic carbocycles. The largest absolute Gasteiger partial charge is 0.464 e. The van der Waals surface area contributed by atoms with E-state index in [9.17, 15) is 0 Å². The van der Waals surface area contributed by atoms with E-state index < -0.39 is 0 Å². The number of fused-ring (bicyclic) bond motifs is 1. The minimum absolute atomic E-state index is 0.141. The summed E-state index contributed by atoms with van der Waals surface area (Å²) < 4.78 is 5.74. The molecule has 0 fully saturated rings. The predicted molar refractivity (Wildman–Crippen MR) is 72.7 cm³/mol. The Bertz CT molecular complexity index is 547. The summed E-state index contributed by atoms with van der Waals surface area (Å²) in [6.07, 6.45) is 1.09. The van der Waals surface area contributed by atoms with E-state index in [-0.39, 0.29) is 6.04 Å². The van der Waals surface area contributed by atoms with Crippen LogP contribution in [0.15, 0.2) is 40.8 Å². The van der Waals surface area contributed by atoms with Crippen LogP contribution in [0, 0.1) is 6.92 Å². The van der Waals surface area contributed by atoms with E-state index in [1.165, 1.54) is 11.3 Å². The third-order valence-corrected chi connectivity index (χ3v) is 3.61. The molecule has 1 atom stereocenters. The molecule has 1 aliphatic heterocycles. The first-order valence-corrected chi connectivity index (χ1v) is 6.40. The third-order valence-electron chi connectivity index (χ3n) is 3.61. The van der Waals surface area contributed by atoms with Gasteiger partial charge in [-0.2, -0.15) is 0 Å². The fourth-order valence-electron chi connectivity index (χ4n) is 2.72. The van der Waals surface area contributed by atoms with Crippen molar-refractivity contribution in [2.75, 3.05) is 18.0 Å². The number of nitrogens with two attached hydrogens (primary N) is 1. The monoisotopic (exact) mass is 242 g/mol. The van der Waals surface area contributed by atoms with Gasteiger partial charge in [-0.25, -0.2) is 0 Å². The van der Waals surface area contributed by atoms with Gasteiger partial charge in [0.2, 0.25) is 0 Å². The van der Waals surface area contributed by atoms with E-state index in [1.807, 2.05) is 19.1 Å². The zero-order chi connectivity index (χ0) is 12.5. The van der Waals surface area contributed by atoms with Crippen LogP contribution in [0.4, 0.5) is 5.69 Å². The van der Waals surface area contributed by atoms with Crippen molar-refractivity contribution in [3.05, 3.63) is 53.5 Å². The average molecular weight is 242 g/mol. The molecule has 1 aliphatic rings. The fourth-order valence-corrected chi connectivity index (χ4v) is 2.72. The van der Waals surface area contributed by atoms with Gasteiger partial charge < -0.3 is 15.1 Å². The van der Waals surface area contributed by atoms with Crippen LogP contribution in [0.2, 0.25) is 0 Å². The Kier molecular flexibility index (Phi) is 2.84. The van der Waals surface area contributed by atoms with E-state index in [2.05, 4.69) is 29.2 Å². The van der Waals surface area contributed by atoms with Crippen molar-refractivity contribution in [2.24, 2.45) is 5.73 Å². The molecule has 3 heteroatoms. The van der Waals surface area contributed by atoms with Crippen molar-refractivity contribution in [3.8, 4) is 0 Å². The number of benzene rings is 1. The van der Waals surface area contributed by atoms with Gasteiger partial charge in [-0.3, -0.25) is 0 Å². The summed E-state index contributed by atoms with van der Waals surface area (Å²) in [4.78, 5) is 2.35. The minimum Gasteiger partial charge on any atom is -0.464 e. The van der Waals surface area contributed by atoms with E-state index in [4.69, 9.17) is 10.2 Å². The van der Waals surface area contributed by atoms with Crippen molar-refractivity contribution in [2.45, 2.75) is 19.4 Å². The van der Waals surface area contributed by atoms with Crippen LogP contribution in [0.3, 0.4) is 0 Å². The second kappa shape index (κ2) is 4.50. The molecule has 0 spiro atoms. The first-order valence-electron chi connectivity index (χ1n) is 6.40. The minimum atomic E-state index is 0.141. The second-order valence-electron chi connectivity index (χ2n) is 4.77. The van der Waals surface area contributed by atoms with Gasteiger partial charge in [-0.1, -0.05) is 18.2 Å². The van der Waals surface area contributed by atoms with Gasteiger partial charge in [-0.05, 0) is 37.1 Å². The third kappa shape index (κ3) is 1.81. The molecule has 0 saturated heterocycles. The van der Waals surface area contributed by atoms with E-state index >= 15 is 0 Å². The molecule has 18 heavy (non-hydrogen) atoms. The number of furan rings is 1. The summed E-state index contributed by atoms with van der Waals surface area (Å²) in [7, 11) is 0. The number of hydrogen-bond acceptors (Lipinski definition) is 3. The molecule has 0 amide bonds. The summed E-state index contributed by atoms with van der Waals surface area (Å²) in [6, 6.07) is 12.7. The summed E-state index contributed by atoms with van der Waals surface area (Å²) in [5.41, 5.74) is 8.64. The van der Waals surface area contributed by atoms with Crippen LogP contribution in [0.25, 0.3) is 0 Å². The SMILES string of the molecule is Cc1ccc(C(CN)N2CCc3ccccc32)o1. The molecule has 1 aromatic heterocycles. The Morgan fingerprint density at radius 3 is 2.83 bits per heavy atom. The molecule has 3 nitrogen and oxygen atoms in total. The molecule has 3 rings (SSSR count). The lowest BCUT2D eigenvalue weighted by atomic mass is 10.1. The summed E-state index contributed by atoms with van der Waals surface area (Å²) in [5, 5.41) is 0. The number of anilines is 1. The molecule has 0 saturated carbocycles. The van der Waals surface area contributed by atoms with Crippen molar-refractivity contribution < 1.29 is 4.42 Å². The van der Waals surface area contributed by atoms with Crippen LogP contribution >= 0.6 is 0 Å². The Hall–Kier alpha value is -1.74. The highest BCUT2D eigenvalue weighted by Gasteiger charge is 2.27. The van der Waals surface area contributed by atoms with Crippen LogP contribution in [-0.2, 0) is 6.42 Å². The normalized spacial score (nSPS) is 15.8. The van der Waals surface area contributed by atoms with E-state index in [1.54, 1.807) is 0 Å². The molecule has 94 valence electrons. The highest BCUT2D eigenvalue weighted by molar-refractivity contribution is 5.59. The molecule has 0 radical (unpaired) electrons. The fraction of sp³-hybridized carbons (Fsp3) is 0.333. The second-order valence-corrected chi connectivity index (χ2v) is 4.77. The summed E-state index contributed by atoms with van der Waals surface area (Å²) in [6.45, 7) is 3.55. The maximum Gasteiger partial charge on any atom is 0.127 e. The van der Waals surface area contributed by atoms with Gasteiger partial charge >= 0.3 is 0 Å². The lowest BCUT2D eigenvalue weighted by Crippen LogP contribution is -2.32. The Morgan fingerprint density at radius 1 is 1.28 bits per heavy atom. The number of nitrogens with zero attached hydrogens (tertiary/aromatic N) is 1. The van der Waals surface area contributed by atoms with Gasteiger partial charge in [0.05, 0.1) is 6.04 Å². The molecule has 1 aromatic carbocycles. The zero-order valence-electron chi connectivity index (χ0n) is 10.6. The highest BCUT2D eigenvalue weighted by Crippen LogP contribution is 2.34. The molecule has 1 unspecified atom stereocenters. The molecule has 2 aromatic rings. The smallest absolute Gasteiger partial charge is 0.127 e. The first-order chi connectivity index (χ1) is 8.79. The van der Waals surface area contributed by atoms with Crippen molar-refractivity contribution in [3.63, 3.8) is 0 Å². The number of hydrogen-bond donors (Lipinski definition) is 1. The van der Waals surface area contributed by atoms with Gasteiger partial charge in [0.15, 0.2) is 0 Å². The standard InChI is InChI=1S/C15H18N2O/c1-11-6-7-15(18-11)14(10-16)17-9-8-12-4-2-3-5-13(12)17/h2-7,14H,8-10,16H2,1H3. The Balaban J connectivity index is 1.95. The first kappa shape index (κ1) is 11.4. The van der Waals surface area contributed by atoms with Crippen molar-refractivity contribution in [1.82, 2.24) is 0 Å². The molecular formula is C15H18N2O. The predicted octanol–water partition coefficient (Wildman–Crippen LogP) is 2.65. The van der Waals surface area contributed by atoms with Crippen molar-refractivity contribution in [1.29, 1.82) is 0 Å². The Morgan fingerprint density at radius 2 is 2.11 bits per heavy atom. The highest BCUT2D eigenvalue weighted by atomic mass is 16.3. The van der Waals surface area contributed by atoms with Crippen LogP contribution in [0.5, 0.6) is 0 Å². The lowest BCUT2D eigenvalue weighted by molar-refractivity contribution is 0.437. The Labute approximate surface area is 107 Å². The number of para-hydroxylation sites is 1. The zero-order valence-corrected chi connectivity index (χ0v) is 10.6. The van der Waals surface area contributed by atoms with E-state index in [0.717, 1.165) is 24.5 Å². The summed E-state index contributed by atoms with van der Waals surface area (Å²) >= 11 is 0. The van der Waals surface area contributed by atoms with Gasteiger partial charge in [0, 0.05) is 18.8 Å². The van der Waals surface area contributed by atoms with Gasteiger partial charge in [0.1, 0.15) is 11.5 Å². The quantitative estimate of drug-likeness (QED) is 0.899. The number of rotatable bonds is 3. The maximum absolute atomic E-state index is 5.95.